The van der Waals surface area contributed by atoms with Gasteiger partial charge in [0.25, 0.3) is 0 Å². The van der Waals surface area contributed by atoms with Gasteiger partial charge in [0.2, 0.25) is 0 Å². The first-order chi connectivity index (χ1) is 10.8. The van der Waals surface area contributed by atoms with E-state index in [0.717, 1.165) is 24.6 Å². The van der Waals surface area contributed by atoms with Crippen LogP contribution in [0.15, 0.2) is 24.7 Å². The van der Waals surface area contributed by atoms with E-state index in [9.17, 15) is 4.79 Å². The van der Waals surface area contributed by atoms with Gasteiger partial charge in [0.1, 0.15) is 23.8 Å². The maximum atomic E-state index is 11.1. The number of nitrogen functional groups attached to an aromatic ring is 1. The normalized spacial score (nSPS) is 14.6. The number of hydrogen-bond acceptors (Lipinski definition) is 8. The second-order valence-electron chi connectivity index (χ2n) is 4.77. The lowest BCUT2D eigenvalue weighted by Gasteiger charge is -2.27. The first-order valence-electron chi connectivity index (χ1n) is 6.89. The Hall–Kier alpha value is -2.74. The first-order valence-corrected chi connectivity index (χ1v) is 6.89. The second-order valence-corrected chi connectivity index (χ2v) is 4.77. The lowest BCUT2D eigenvalue weighted by molar-refractivity contribution is 0.112. The smallest absolute Gasteiger partial charge is 0.157 e. The molecular formula is C14H16N6O2. The minimum atomic E-state index is 0.144. The van der Waals surface area contributed by atoms with E-state index in [2.05, 4.69) is 25.2 Å². The molecule has 0 bridgehead atoms. The third-order valence-corrected chi connectivity index (χ3v) is 3.38. The monoisotopic (exact) mass is 300 g/mol. The van der Waals surface area contributed by atoms with Crippen molar-refractivity contribution in [1.29, 1.82) is 0 Å². The lowest BCUT2D eigenvalue weighted by atomic mass is 10.3. The number of nitrogens with one attached hydrogen (secondary N) is 1. The number of nitrogens with zero attached hydrogens (tertiary/aromatic N) is 4. The molecule has 1 saturated heterocycles. The van der Waals surface area contributed by atoms with Crippen LogP contribution in [-0.2, 0) is 4.74 Å². The molecule has 2 aromatic rings. The molecule has 0 saturated carbocycles. The number of aldehydes is 1. The molecule has 3 heterocycles. The van der Waals surface area contributed by atoms with Crippen molar-refractivity contribution in [2.45, 2.75) is 0 Å². The molecule has 3 rings (SSSR count). The molecule has 0 unspecified atom stereocenters. The zero-order valence-corrected chi connectivity index (χ0v) is 11.9. The van der Waals surface area contributed by atoms with Gasteiger partial charge >= 0.3 is 0 Å². The Labute approximate surface area is 127 Å². The molecule has 0 aliphatic carbocycles. The lowest BCUT2D eigenvalue weighted by Crippen LogP contribution is -2.36. The molecule has 0 amide bonds. The largest absolute Gasteiger partial charge is 0.383 e. The third kappa shape index (κ3) is 2.96. The number of rotatable bonds is 4. The minimum Gasteiger partial charge on any atom is -0.383 e. The highest BCUT2D eigenvalue weighted by atomic mass is 16.5. The fraction of sp³-hybridized carbons (Fsp3) is 0.286. The van der Waals surface area contributed by atoms with Gasteiger partial charge in [-0.3, -0.25) is 4.79 Å². The Morgan fingerprint density at radius 3 is 2.73 bits per heavy atom. The number of nitrogens with two attached hydrogens (primary N) is 1. The van der Waals surface area contributed by atoms with Crippen LogP contribution >= 0.6 is 0 Å². The zero-order valence-electron chi connectivity index (χ0n) is 11.9. The van der Waals surface area contributed by atoms with Gasteiger partial charge in [-0.15, -0.1) is 0 Å². The predicted octanol–water partition coefficient (Wildman–Crippen LogP) is 0.846. The molecule has 0 atom stereocenters. The molecule has 1 aliphatic rings. The second kappa shape index (κ2) is 6.35. The maximum absolute atomic E-state index is 11.1. The van der Waals surface area contributed by atoms with E-state index < -0.39 is 0 Å². The van der Waals surface area contributed by atoms with Crippen molar-refractivity contribution in [3.8, 4) is 0 Å². The Balaban J connectivity index is 1.76. The van der Waals surface area contributed by atoms with Gasteiger partial charge in [-0.25, -0.2) is 15.0 Å². The van der Waals surface area contributed by atoms with Gasteiger partial charge in [-0.05, 0) is 12.1 Å². The molecule has 0 aromatic carbocycles. The van der Waals surface area contributed by atoms with Gasteiger partial charge in [-0.2, -0.15) is 0 Å². The van der Waals surface area contributed by atoms with Crippen LogP contribution < -0.4 is 16.0 Å². The molecular weight excluding hydrogens is 284 g/mol. The van der Waals surface area contributed by atoms with E-state index in [0.29, 0.717) is 25.3 Å². The topological polar surface area (TPSA) is 106 Å². The number of carbonyl (C=O) groups excluding carboxylic acids is 1. The Bertz CT molecular complexity index is 655. The van der Waals surface area contributed by atoms with Crippen molar-refractivity contribution < 1.29 is 9.53 Å². The van der Waals surface area contributed by atoms with Crippen molar-refractivity contribution in [2.24, 2.45) is 0 Å². The zero-order chi connectivity index (χ0) is 15.4. The minimum absolute atomic E-state index is 0.144. The van der Waals surface area contributed by atoms with Gasteiger partial charge in [0.05, 0.1) is 30.7 Å². The number of aromatic nitrogens is 3. The van der Waals surface area contributed by atoms with E-state index in [1.165, 1.54) is 6.33 Å². The van der Waals surface area contributed by atoms with Crippen LogP contribution in [0.25, 0.3) is 0 Å². The highest BCUT2D eigenvalue weighted by Crippen LogP contribution is 2.21. The van der Waals surface area contributed by atoms with Crippen molar-refractivity contribution in [1.82, 2.24) is 15.0 Å². The van der Waals surface area contributed by atoms with Gasteiger partial charge in [0, 0.05) is 13.1 Å². The quantitative estimate of drug-likeness (QED) is 0.800. The van der Waals surface area contributed by atoms with Crippen molar-refractivity contribution in [3.05, 3.63) is 30.2 Å². The molecule has 22 heavy (non-hydrogen) atoms. The molecule has 2 aromatic heterocycles. The predicted molar refractivity (Wildman–Crippen MR) is 82.4 cm³/mol. The number of pyridine rings is 1. The van der Waals surface area contributed by atoms with E-state index in [1.54, 1.807) is 6.20 Å². The molecule has 8 nitrogen and oxygen atoms in total. The summed E-state index contributed by atoms with van der Waals surface area (Å²) in [6.45, 7) is 3.09. The molecule has 0 spiro atoms. The summed E-state index contributed by atoms with van der Waals surface area (Å²) in [6.07, 6.45) is 3.63. The van der Waals surface area contributed by atoms with Crippen molar-refractivity contribution in [3.63, 3.8) is 0 Å². The van der Waals surface area contributed by atoms with Crippen LogP contribution in [0.1, 0.15) is 10.4 Å². The van der Waals surface area contributed by atoms with Crippen molar-refractivity contribution >= 4 is 29.4 Å². The molecule has 1 aliphatic heterocycles. The average Bonchev–Trinajstić information content (AvgIpc) is 2.57. The molecule has 0 radical (unpaired) electrons. The first kappa shape index (κ1) is 14.2. The highest BCUT2D eigenvalue weighted by molar-refractivity contribution is 5.89. The van der Waals surface area contributed by atoms with E-state index >= 15 is 0 Å². The third-order valence-electron chi connectivity index (χ3n) is 3.38. The van der Waals surface area contributed by atoms with Crippen LogP contribution in [0.5, 0.6) is 0 Å². The standard InChI is InChI=1S/C14H16N6O2/c15-13-11(8-21)14(18-9-17-13)19-10-1-2-12(16-7-10)20-3-5-22-6-4-20/h1-2,7-9H,3-6H2,(H3,15,17,18,19). The number of carbonyl (C=O) groups is 1. The van der Waals surface area contributed by atoms with Gasteiger partial charge in [-0.1, -0.05) is 0 Å². The number of anilines is 4. The number of hydrogen-bond donors (Lipinski definition) is 2. The number of ether oxygens (including phenoxy) is 1. The van der Waals surface area contributed by atoms with E-state index in [1.807, 2.05) is 12.1 Å². The van der Waals surface area contributed by atoms with Crippen LogP contribution in [0.4, 0.5) is 23.1 Å². The molecule has 114 valence electrons. The maximum Gasteiger partial charge on any atom is 0.157 e. The van der Waals surface area contributed by atoms with Gasteiger partial charge < -0.3 is 20.7 Å². The number of morpholine rings is 1. The average molecular weight is 300 g/mol. The Kier molecular flexibility index (Phi) is 4.10. The molecule has 8 heteroatoms. The summed E-state index contributed by atoms with van der Waals surface area (Å²) in [5.74, 6) is 1.40. The Morgan fingerprint density at radius 1 is 1.23 bits per heavy atom. The highest BCUT2D eigenvalue weighted by Gasteiger charge is 2.13. The van der Waals surface area contributed by atoms with E-state index in [4.69, 9.17) is 10.5 Å². The fourth-order valence-electron chi connectivity index (χ4n) is 2.20. The molecule has 3 N–H and O–H groups in total. The SMILES string of the molecule is Nc1ncnc(Nc2ccc(N3CCOCC3)nc2)c1C=O. The van der Waals surface area contributed by atoms with Crippen LogP contribution in [0.2, 0.25) is 0 Å². The van der Waals surface area contributed by atoms with Crippen LogP contribution in [0.3, 0.4) is 0 Å². The molecule has 1 fully saturated rings. The summed E-state index contributed by atoms with van der Waals surface area (Å²) in [5, 5.41) is 3.03. The summed E-state index contributed by atoms with van der Waals surface area (Å²) in [4.78, 5) is 25.5. The van der Waals surface area contributed by atoms with Crippen LogP contribution in [0, 0.1) is 0 Å². The van der Waals surface area contributed by atoms with Gasteiger partial charge in [0.15, 0.2) is 6.29 Å². The summed E-state index contributed by atoms with van der Waals surface area (Å²) in [5.41, 5.74) is 6.61. The fourth-order valence-corrected chi connectivity index (χ4v) is 2.20. The summed E-state index contributed by atoms with van der Waals surface area (Å²) >= 11 is 0. The Morgan fingerprint density at radius 2 is 2.05 bits per heavy atom. The summed E-state index contributed by atoms with van der Waals surface area (Å²) < 4.78 is 5.32. The van der Waals surface area contributed by atoms with E-state index in [-0.39, 0.29) is 11.4 Å². The summed E-state index contributed by atoms with van der Waals surface area (Å²) in [7, 11) is 0. The van der Waals surface area contributed by atoms with Crippen LogP contribution in [-0.4, -0.2) is 47.5 Å². The summed E-state index contributed by atoms with van der Waals surface area (Å²) in [6, 6.07) is 3.80. The van der Waals surface area contributed by atoms with Crippen molar-refractivity contribution in [2.75, 3.05) is 42.3 Å².